The zero-order valence-electron chi connectivity index (χ0n) is 7.70. The van der Waals surface area contributed by atoms with Crippen molar-refractivity contribution in [3.05, 3.63) is 28.2 Å². The number of nitrogens with zero attached hydrogens (tertiary/aromatic N) is 1. The van der Waals surface area contributed by atoms with Gasteiger partial charge in [-0.1, -0.05) is 22.0 Å². The predicted molar refractivity (Wildman–Crippen MR) is 60.0 cm³/mol. The average Bonchev–Trinajstić information content (AvgIpc) is 2.47. The van der Waals surface area contributed by atoms with Crippen molar-refractivity contribution in [2.45, 2.75) is 6.42 Å². The van der Waals surface area contributed by atoms with Crippen LogP contribution in [0.4, 0.5) is 5.69 Å². The molecule has 1 aliphatic rings. The molecule has 0 aromatic heterocycles. The molecule has 3 nitrogen and oxygen atoms in total. The summed E-state index contributed by atoms with van der Waals surface area (Å²) >= 11 is 3.42. The second kappa shape index (κ2) is 3.24. The molecule has 1 aliphatic heterocycles. The smallest absolute Gasteiger partial charge is 0.232 e. The van der Waals surface area contributed by atoms with Crippen LogP contribution in [0.25, 0.3) is 0 Å². The Balaban J connectivity index is 2.56. The molecule has 0 N–H and O–H groups in total. The number of halogens is 1. The van der Waals surface area contributed by atoms with Crippen molar-refractivity contribution >= 4 is 31.6 Å². The lowest BCUT2D eigenvalue weighted by atomic mass is 10.2. The number of sulfonamides is 1. The van der Waals surface area contributed by atoms with Gasteiger partial charge in [-0.15, -0.1) is 0 Å². The van der Waals surface area contributed by atoms with Crippen molar-refractivity contribution in [1.29, 1.82) is 0 Å². The second-order valence-electron chi connectivity index (χ2n) is 3.32. The molecule has 0 amide bonds. The molecule has 0 fully saturated rings. The number of rotatable bonds is 1. The van der Waals surface area contributed by atoms with Crippen LogP contribution >= 0.6 is 15.9 Å². The molecule has 0 saturated heterocycles. The number of fused-ring (bicyclic) bond motifs is 1. The Morgan fingerprint density at radius 3 is 2.79 bits per heavy atom. The quantitative estimate of drug-likeness (QED) is 0.784. The maximum atomic E-state index is 11.4. The summed E-state index contributed by atoms with van der Waals surface area (Å²) in [4.78, 5) is 0. The van der Waals surface area contributed by atoms with E-state index >= 15 is 0 Å². The third-order valence-electron chi connectivity index (χ3n) is 2.33. The molecule has 1 aromatic carbocycles. The van der Waals surface area contributed by atoms with Gasteiger partial charge in [0.1, 0.15) is 0 Å². The fraction of sp³-hybridized carbons (Fsp3) is 0.333. The van der Waals surface area contributed by atoms with Crippen LogP contribution in [0.2, 0.25) is 0 Å². The molecule has 0 bridgehead atoms. The van der Waals surface area contributed by atoms with Crippen LogP contribution in [-0.2, 0) is 16.4 Å². The molecule has 14 heavy (non-hydrogen) atoms. The van der Waals surface area contributed by atoms with Gasteiger partial charge in [-0.3, -0.25) is 4.31 Å². The lowest BCUT2D eigenvalue weighted by Gasteiger charge is -2.16. The fourth-order valence-corrected chi connectivity index (χ4v) is 3.21. The minimum atomic E-state index is -3.12. The standard InChI is InChI=1S/C9H10BrNO2S/c1-14(12,13)11-6-5-7-8(10)3-2-4-9(7)11/h2-4H,5-6H2,1H3. The van der Waals surface area contributed by atoms with Crippen LogP contribution in [0.5, 0.6) is 0 Å². The summed E-state index contributed by atoms with van der Waals surface area (Å²) in [6.07, 6.45) is 2.02. The predicted octanol–water partition coefficient (Wildman–Crippen LogP) is 1.77. The molecular weight excluding hydrogens is 266 g/mol. The Morgan fingerprint density at radius 2 is 2.14 bits per heavy atom. The van der Waals surface area contributed by atoms with Gasteiger partial charge in [0.25, 0.3) is 0 Å². The first kappa shape index (κ1) is 9.98. The molecule has 2 rings (SSSR count). The van der Waals surface area contributed by atoms with Gasteiger partial charge in [0.15, 0.2) is 0 Å². The van der Waals surface area contributed by atoms with E-state index in [4.69, 9.17) is 0 Å². The van der Waals surface area contributed by atoms with Gasteiger partial charge < -0.3 is 0 Å². The minimum Gasteiger partial charge on any atom is -0.270 e. The van der Waals surface area contributed by atoms with Crippen LogP contribution in [-0.4, -0.2) is 21.2 Å². The van der Waals surface area contributed by atoms with E-state index in [1.165, 1.54) is 10.6 Å². The van der Waals surface area contributed by atoms with E-state index in [1.807, 2.05) is 18.2 Å². The van der Waals surface area contributed by atoms with E-state index in [1.54, 1.807) is 0 Å². The van der Waals surface area contributed by atoms with Crippen LogP contribution in [0.1, 0.15) is 5.56 Å². The van der Waals surface area contributed by atoms with Gasteiger partial charge in [0.05, 0.1) is 11.9 Å². The molecular formula is C9H10BrNO2S. The minimum absolute atomic E-state index is 0.552. The zero-order valence-corrected chi connectivity index (χ0v) is 10.1. The van der Waals surface area contributed by atoms with E-state index in [0.29, 0.717) is 6.54 Å². The van der Waals surface area contributed by atoms with Crippen LogP contribution < -0.4 is 4.31 Å². The van der Waals surface area contributed by atoms with Crippen molar-refractivity contribution in [3.8, 4) is 0 Å². The van der Waals surface area contributed by atoms with Gasteiger partial charge in [-0.2, -0.15) is 0 Å². The fourth-order valence-electron chi connectivity index (χ4n) is 1.71. The Morgan fingerprint density at radius 1 is 1.43 bits per heavy atom. The monoisotopic (exact) mass is 275 g/mol. The average molecular weight is 276 g/mol. The molecule has 1 aromatic rings. The third kappa shape index (κ3) is 1.54. The number of anilines is 1. The summed E-state index contributed by atoms with van der Waals surface area (Å²) in [7, 11) is -3.12. The SMILES string of the molecule is CS(=O)(=O)N1CCc2c(Br)cccc21. The van der Waals surface area contributed by atoms with E-state index in [-0.39, 0.29) is 0 Å². The molecule has 0 radical (unpaired) electrons. The first-order valence-corrected chi connectivity index (χ1v) is 6.89. The third-order valence-corrected chi connectivity index (χ3v) is 4.25. The highest BCUT2D eigenvalue weighted by Crippen LogP contribution is 2.34. The first-order valence-electron chi connectivity index (χ1n) is 4.25. The highest BCUT2D eigenvalue weighted by molar-refractivity contribution is 9.10. The van der Waals surface area contributed by atoms with Gasteiger partial charge in [0, 0.05) is 11.0 Å². The van der Waals surface area contributed by atoms with E-state index in [9.17, 15) is 8.42 Å². The summed E-state index contributed by atoms with van der Waals surface area (Å²) in [5.41, 5.74) is 1.89. The number of hydrogen-bond acceptors (Lipinski definition) is 2. The first-order chi connectivity index (χ1) is 6.50. The summed E-state index contributed by atoms with van der Waals surface area (Å²) in [6, 6.07) is 5.63. The molecule has 1 heterocycles. The molecule has 0 aliphatic carbocycles. The van der Waals surface area contributed by atoms with Crippen molar-refractivity contribution in [2.24, 2.45) is 0 Å². The topological polar surface area (TPSA) is 37.4 Å². The lowest BCUT2D eigenvalue weighted by molar-refractivity contribution is 0.598. The van der Waals surface area contributed by atoms with Crippen LogP contribution in [0.3, 0.4) is 0 Å². The maximum Gasteiger partial charge on any atom is 0.232 e. The highest BCUT2D eigenvalue weighted by atomic mass is 79.9. The second-order valence-corrected chi connectivity index (χ2v) is 6.08. The Hall–Kier alpha value is -0.550. The molecule has 0 saturated carbocycles. The Labute approximate surface area is 91.9 Å². The normalized spacial score (nSPS) is 15.7. The van der Waals surface area contributed by atoms with Gasteiger partial charge in [0.2, 0.25) is 10.0 Å². The van der Waals surface area contributed by atoms with Crippen LogP contribution in [0.15, 0.2) is 22.7 Å². The van der Waals surface area contributed by atoms with Gasteiger partial charge in [-0.25, -0.2) is 8.42 Å². The lowest BCUT2D eigenvalue weighted by Crippen LogP contribution is -2.27. The summed E-state index contributed by atoms with van der Waals surface area (Å²) in [5.74, 6) is 0. The number of benzene rings is 1. The maximum absolute atomic E-state index is 11.4. The molecule has 5 heteroatoms. The van der Waals surface area contributed by atoms with Crippen molar-refractivity contribution in [3.63, 3.8) is 0 Å². The largest absolute Gasteiger partial charge is 0.270 e. The molecule has 76 valence electrons. The van der Waals surface area contributed by atoms with Crippen molar-refractivity contribution in [2.75, 3.05) is 17.1 Å². The van der Waals surface area contributed by atoms with Gasteiger partial charge in [-0.05, 0) is 24.1 Å². The number of hydrogen-bond donors (Lipinski definition) is 0. The van der Waals surface area contributed by atoms with E-state index < -0.39 is 10.0 Å². The molecule has 0 atom stereocenters. The van der Waals surface area contributed by atoms with Crippen LogP contribution in [0, 0.1) is 0 Å². The van der Waals surface area contributed by atoms with Gasteiger partial charge >= 0.3 is 0 Å². The Kier molecular flexibility index (Phi) is 2.31. The Bertz CT molecular complexity index is 470. The summed E-state index contributed by atoms with van der Waals surface area (Å²) in [5, 5.41) is 0. The van der Waals surface area contributed by atoms with E-state index in [2.05, 4.69) is 15.9 Å². The summed E-state index contributed by atoms with van der Waals surface area (Å²) in [6.45, 7) is 0.552. The van der Waals surface area contributed by atoms with E-state index in [0.717, 1.165) is 22.1 Å². The highest BCUT2D eigenvalue weighted by Gasteiger charge is 2.26. The molecule has 0 unspecified atom stereocenters. The van der Waals surface area contributed by atoms with Crippen molar-refractivity contribution < 1.29 is 8.42 Å². The zero-order chi connectivity index (χ0) is 10.3. The molecule has 0 spiro atoms. The van der Waals surface area contributed by atoms with Crippen molar-refractivity contribution in [1.82, 2.24) is 0 Å². The summed E-state index contributed by atoms with van der Waals surface area (Å²) < 4.78 is 25.3.